The van der Waals surface area contributed by atoms with E-state index in [1.807, 2.05) is 7.05 Å². The summed E-state index contributed by atoms with van der Waals surface area (Å²) in [5, 5.41) is 3.42. The van der Waals surface area contributed by atoms with Gasteiger partial charge in [0.25, 0.3) is 0 Å². The van der Waals surface area contributed by atoms with Crippen molar-refractivity contribution in [2.45, 2.75) is 37.6 Å². The van der Waals surface area contributed by atoms with E-state index in [1.165, 1.54) is 24.8 Å². The second kappa shape index (κ2) is 6.18. The van der Waals surface area contributed by atoms with Crippen LogP contribution in [-0.2, 0) is 4.74 Å². The third kappa shape index (κ3) is 2.88. The zero-order chi connectivity index (χ0) is 12.1. The first-order valence-electron chi connectivity index (χ1n) is 6.62. The van der Waals surface area contributed by atoms with E-state index in [0.29, 0.717) is 6.04 Å². The number of methoxy groups -OCH3 is 1. The number of benzene rings is 1. The molecule has 0 saturated heterocycles. The van der Waals surface area contributed by atoms with Crippen LogP contribution in [0.4, 0.5) is 0 Å². The van der Waals surface area contributed by atoms with Crippen molar-refractivity contribution < 1.29 is 4.74 Å². The fourth-order valence-corrected chi connectivity index (χ4v) is 2.61. The van der Waals surface area contributed by atoms with Gasteiger partial charge in [0.15, 0.2) is 0 Å². The maximum atomic E-state index is 5.20. The van der Waals surface area contributed by atoms with Gasteiger partial charge >= 0.3 is 0 Å². The minimum absolute atomic E-state index is 0.423. The normalized spacial score (nSPS) is 17.8. The Kier molecular flexibility index (Phi) is 4.57. The molecule has 1 saturated carbocycles. The smallest absolute Gasteiger partial charge is 0.0480 e. The van der Waals surface area contributed by atoms with E-state index in [1.54, 1.807) is 12.7 Å². The van der Waals surface area contributed by atoms with E-state index in [0.717, 1.165) is 18.9 Å². The highest BCUT2D eigenvalue weighted by molar-refractivity contribution is 5.34. The van der Waals surface area contributed by atoms with Crippen LogP contribution in [0.15, 0.2) is 24.3 Å². The zero-order valence-electron chi connectivity index (χ0n) is 10.9. The summed E-state index contributed by atoms with van der Waals surface area (Å²) < 4.78 is 5.20. The largest absolute Gasteiger partial charge is 0.385 e. The number of rotatable bonds is 6. The van der Waals surface area contributed by atoms with Crippen LogP contribution >= 0.6 is 0 Å². The summed E-state index contributed by atoms with van der Waals surface area (Å²) in [6, 6.07) is 9.31. The topological polar surface area (TPSA) is 21.3 Å². The van der Waals surface area contributed by atoms with Gasteiger partial charge < -0.3 is 10.1 Å². The fraction of sp³-hybridized carbons (Fsp3) is 0.600. The lowest BCUT2D eigenvalue weighted by Gasteiger charge is -2.30. The molecule has 94 valence electrons. The number of ether oxygens (including phenoxy) is 1. The lowest BCUT2D eigenvalue weighted by Crippen LogP contribution is -2.21. The van der Waals surface area contributed by atoms with Gasteiger partial charge in [0.2, 0.25) is 0 Å². The molecule has 1 aromatic rings. The first-order valence-corrected chi connectivity index (χ1v) is 6.62. The molecule has 1 aromatic carbocycles. The fourth-order valence-electron chi connectivity index (χ4n) is 2.61. The summed E-state index contributed by atoms with van der Waals surface area (Å²) in [4.78, 5) is 0. The van der Waals surface area contributed by atoms with E-state index in [9.17, 15) is 0 Å². The average molecular weight is 233 g/mol. The Morgan fingerprint density at radius 2 is 2.12 bits per heavy atom. The number of nitrogens with one attached hydrogen (secondary N) is 1. The van der Waals surface area contributed by atoms with Crippen molar-refractivity contribution in [3.05, 3.63) is 35.4 Å². The molecule has 17 heavy (non-hydrogen) atoms. The van der Waals surface area contributed by atoms with Crippen LogP contribution in [0.25, 0.3) is 0 Å². The Hall–Kier alpha value is -0.860. The lowest BCUT2D eigenvalue weighted by molar-refractivity contribution is 0.184. The van der Waals surface area contributed by atoms with Gasteiger partial charge in [-0.3, -0.25) is 0 Å². The number of hydrogen-bond donors (Lipinski definition) is 1. The monoisotopic (exact) mass is 233 g/mol. The van der Waals surface area contributed by atoms with E-state index in [-0.39, 0.29) is 0 Å². The summed E-state index contributed by atoms with van der Waals surface area (Å²) in [5.74, 6) is 0.796. The van der Waals surface area contributed by atoms with Crippen LogP contribution in [-0.4, -0.2) is 20.8 Å². The molecule has 1 N–H and O–H groups in total. The maximum absolute atomic E-state index is 5.20. The van der Waals surface area contributed by atoms with Crippen molar-refractivity contribution in [3.63, 3.8) is 0 Å². The van der Waals surface area contributed by atoms with Crippen LogP contribution in [0.5, 0.6) is 0 Å². The molecule has 2 rings (SSSR count). The van der Waals surface area contributed by atoms with Crippen LogP contribution in [0.2, 0.25) is 0 Å². The molecule has 1 atom stereocenters. The second-order valence-corrected chi connectivity index (χ2v) is 4.88. The Labute approximate surface area is 104 Å². The van der Waals surface area contributed by atoms with Gasteiger partial charge in [0.1, 0.15) is 0 Å². The molecule has 1 aliphatic rings. The third-order valence-corrected chi connectivity index (χ3v) is 3.88. The predicted molar refractivity (Wildman–Crippen MR) is 71.3 cm³/mol. The summed E-state index contributed by atoms with van der Waals surface area (Å²) in [5.41, 5.74) is 3.02. The molecule has 1 aliphatic carbocycles. The lowest BCUT2D eigenvalue weighted by atomic mass is 9.77. The quantitative estimate of drug-likeness (QED) is 0.814. The second-order valence-electron chi connectivity index (χ2n) is 4.88. The Morgan fingerprint density at radius 3 is 2.71 bits per heavy atom. The molecule has 0 aromatic heterocycles. The molecule has 1 unspecified atom stereocenters. The standard InChI is InChI=1S/C15H23NO/c1-16-15(10-11-17-2)14-9-4-3-8-13(14)12-6-5-7-12/h3-4,8-9,12,15-16H,5-7,10-11H2,1-2H3. The van der Waals surface area contributed by atoms with Crippen LogP contribution in [0.3, 0.4) is 0 Å². The van der Waals surface area contributed by atoms with E-state index >= 15 is 0 Å². The molecule has 0 radical (unpaired) electrons. The molecule has 1 fully saturated rings. The molecule has 0 amide bonds. The average Bonchev–Trinajstić information content (AvgIpc) is 2.30. The summed E-state index contributed by atoms with van der Waals surface area (Å²) in [6.45, 7) is 0.810. The van der Waals surface area contributed by atoms with Gasteiger partial charge in [0.05, 0.1) is 0 Å². The van der Waals surface area contributed by atoms with Gasteiger partial charge in [-0.25, -0.2) is 0 Å². The first kappa shape index (κ1) is 12.6. The summed E-state index contributed by atoms with van der Waals surface area (Å²) in [6.07, 6.45) is 5.15. The Balaban J connectivity index is 2.16. The van der Waals surface area contributed by atoms with Crippen molar-refractivity contribution in [2.24, 2.45) is 0 Å². The zero-order valence-corrected chi connectivity index (χ0v) is 10.9. The molecule has 2 heteroatoms. The van der Waals surface area contributed by atoms with Crippen molar-refractivity contribution in [1.29, 1.82) is 0 Å². The molecule has 0 bridgehead atoms. The van der Waals surface area contributed by atoms with Crippen molar-refractivity contribution in [1.82, 2.24) is 5.32 Å². The van der Waals surface area contributed by atoms with Crippen LogP contribution < -0.4 is 5.32 Å². The van der Waals surface area contributed by atoms with E-state index in [2.05, 4.69) is 29.6 Å². The van der Waals surface area contributed by atoms with Gasteiger partial charge in [-0.15, -0.1) is 0 Å². The maximum Gasteiger partial charge on any atom is 0.0480 e. The van der Waals surface area contributed by atoms with Gasteiger partial charge in [0, 0.05) is 19.8 Å². The van der Waals surface area contributed by atoms with Crippen molar-refractivity contribution in [2.75, 3.05) is 20.8 Å². The van der Waals surface area contributed by atoms with E-state index < -0.39 is 0 Å². The highest BCUT2D eigenvalue weighted by Gasteiger charge is 2.24. The van der Waals surface area contributed by atoms with Crippen molar-refractivity contribution in [3.8, 4) is 0 Å². The Morgan fingerprint density at radius 1 is 1.35 bits per heavy atom. The molecule has 0 aliphatic heterocycles. The molecule has 0 spiro atoms. The van der Waals surface area contributed by atoms with Gasteiger partial charge in [-0.05, 0) is 43.4 Å². The predicted octanol–water partition coefficient (Wildman–Crippen LogP) is 3.25. The Bertz CT molecular complexity index is 347. The third-order valence-electron chi connectivity index (χ3n) is 3.88. The molecule has 2 nitrogen and oxygen atoms in total. The summed E-state index contributed by atoms with van der Waals surface area (Å²) in [7, 11) is 3.81. The molecular formula is C15H23NO. The van der Waals surface area contributed by atoms with Crippen molar-refractivity contribution >= 4 is 0 Å². The highest BCUT2D eigenvalue weighted by atomic mass is 16.5. The SMILES string of the molecule is CNC(CCOC)c1ccccc1C1CCC1. The van der Waals surface area contributed by atoms with E-state index in [4.69, 9.17) is 4.74 Å². The van der Waals surface area contributed by atoms with Gasteiger partial charge in [-0.2, -0.15) is 0 Å². The summed E-state index contributed by atoms with van der Waals surface area (Å²) >= 11 is 0. The minimum Gasteiger partial charge on any atom is -0.385 e. The van der Waals surface area contributed by atoms with Crippen LogP contribution in [0, 0.1) is 0 Å². The number of hydrogen-bond acceptors (Lipinski definition) is 2. The first-order chi connectivity index (χ1) is 8.36. The van der Waals surface area contributed by atoms with Gasteiger partial charge in [-0.1, -0.05) is 30.7 Å². The minimum atomic E-state index is 0.423. The highest BCUT2D eigenvalue weighted by Crippen LogP contribution is 2.39. The van der Waals surface area contributed by atoms with Crippen LogP contribution in [0.1, 0.15) is 48.8 Å². The molecule has 0 heterocycles. The molecular weight excluding hydrogens is 210 g/mol.